The first kappa shape index (κ1) is 12.1. The molecule has 0 saturated carbocycles. The van der Waals surface area contributed by atoms with E-state index in [4.69, 9.17) is 14.6 Å². The van der Waals surface area contributed by atoms with Crippen LogP contribution in [0.4, 0.5) is 0 Å². The zero-order chi connectivity index (χ0) is 12.1. The molecule has 1 N–H and O–H groups in total. The number of hydrogen-bond acceptors (Lipinski definition) is 3. The standard InChI is InChI=1S/C12H14O4/c1-4-5-8-6-9(12(13)14)11(16-3)10(7-8)15-2/h4-7H,1-3H3,(H,13,14). The minimum Gasteiger partial charge on any atom is -0.493 e. The normalized spacial score (nSPS) is 10.4. The molecule has 0 aromatic heterocycles. The fourth-order valence-corrected chi connectivity index (χ4v) is 1.43. The molecular weight excluding hydrogens is 208 g/mol. The van der Waals surface area contributed by atoms with Crippen LogP contribution in [0.3, 0.4) is 0 Å². The molecular formula is C12H14O4. The smallest absolute Gasteiger partial charge is 0.339 e. The molecule has 1 rings (SSSR count). The Morgan fingerprint density at radius 1 is 1.31 bits per heavy atom. The Bertz CT molecular complexity index is 421. The third-order valence-corrected chi connectivity index (χ3v) is 2.09. The van der Waals surface area contributed by atoms with E-state index in [1.807, 2.05) is 13.0 Å². The number of methoxy groups -OCH3 is 2. The summed E-state index contributed by atoms with van der Waals surface area (Å²) in [6.45, 7) is 1.86. The molecule has 0 heterocycles. The van der Waals surface area contributed by atoms with Crippen molar-refractivity contribution in [1.29, 1.82) is 0 Å². The van der Waals surface area contributed by atoms with E-state index >= 15 is 0 Å². The first-order valence-corrected chi connectivity index (χ1v) is 4.76. The molecule has 0 aliphatic carbocycles. The Morgan fingerprint density at radius 3 is 2.44 bits per heavy atom. The van der Waals surface area contributed by atoms with Gasteiger partial charge in [-0.2, -0.15) is 0 Å². The summed E-state index contributed by atoms with van der Waals surface area (Å²) >= 11 is 0. The highest BCUT2D eigenvalue weighted by atomic mass is 16.5. The van der Waals surface area contributed by atoms with Gasteiger partial charge in [0.15, 0.2) is 11.5 Å². The van der Waals surface area contributed by atoms with Gasteiger partial charge >= 0.3 is 5.97 Å². The van der Waals surface area contributed by atoms with E-state index in [-0.39, 0.29) is 11.3 Å². The largest absolute Gasteiger partial charge is 0.493 e. The van der Waals surface area contributed by atoms with Crippen molar-refractivity contribution < 1.29 is 19.4 Å². The number of rotatable bonds is 4. The van der Waals surface area contributed by atoms with E-state index in [1.54, 1.807) is 18.2 Å². The van der Waals surface area contributed by atoms with Gasteiger partial charge in [-0.25, -0.2) is 4.79 Å². The molecule has 0 atom stereocenters. The molecule has 16 heavy (non-hydrogen) atoms. The number of carbonyl (C=O) groups is 1. The lowest BCUT2D eigenvalue weighted by Crippen LogP contribution is -2.03. The summed E-state index contributed by atoms with van der Waals surface area (Å²) in [5.41, 5.74) is 0.854. The van der Waals surface area contributed by atoms with E-state index in [0.717, 1.165) is 5.56 Å². The summed E-state index contributed by atoms with van der Waals surface area (Å²) in [6.07, 6.45) is 3.63. The fraction of sp³-hybridized carbons (Fsp3) is 0.250. The lowest BCUT2D eigenvalue weighted by molar-refractivity contribution is 0.0692. The Kier molecular flexibility index (Phi) is 3.94. The first-order valence-electron chi connectivity index (χ1n) is 4.76. The van der Waals surface area contributed by atoms with Crippen molar-refractivity contribution in [2.45, 2.75) is 6.92 Å². The van der Waals surface area contributed by atoms with Crippen LogP contribution in [0.5, 0.6) is 11.5 Å². The maximum Gasteiger partial charge on any atom is 0.339 e. The van der Waals surface area contributed by atoms with Crippen molar-refractivity contribution in [1.82, 2.24) is 0 Å². The molecule has 0 radical (unpaired) electrons. The minimum absolute atomic E-state index is 0.0925. The van der Waals surface area contributed by atoms with Gasteiger partial charge in [0.1, 0.15) is 5.56 Å². The Balaban J connectivity index is 3.43. The molecule has 0 bridgehead atoms. The molecule has 1 aromatic rings. The van der Waals surface area contributed by atoms with Gasteiger partial charge in [-0.1, -0.05) is 12.2 Å². The van der Waals surface area contributed by atoms with Crippen LogP contribution in [0.15, 0.2) is 18.2 Å². The van der Waals surface area contributed by atoms with Gasteiger partial charge < -0.3 is 14.6 Å². The van der Waals surface area contributed by atoms with Gasteiger partial charge in [-0.15, -0.1) is 0 Å². The lowest BCUT2D eigenvalue weighted by Gasteiger charge is -2.11. The molecule has 0 saturated heterocycles. The number of aromatic carboxylic acids is 1. The van der Waals surface area contributed by atoms with Crippen LogP contribution in [0, 0.1) is 0 Å². The highest BCUT2D eigenvalue weighted by molar-refractivity contribution is 5.93. The summed E-state index contributed by atoms with van der Waals surface area (Å²) < 4.78 is 10.1. The van der Waals surface area contributed by atoms with E-state index < -0.39 is 5.97 Å². The van der Waals surface area contributed by atoms with Crippen molar-refractivity contribution >= 4 is 12.0 Å². The summed E-state index contributed by atoms with van der Waals surface area (Å²) in [5, 5.41) is 9.05. The van der Waals surface area contributed by atoms with Crippen LogP contribution < -0.4 is 9.47 Å². The van der Waals surface area contributed by atoms with E-state index in [2.05, 4.69) is 0 Å². The minimum atomic E-state index is -1.04. The van der Waals surface area contributed by atoms with Gasteiger partial charge in [0.2, 0.25) is 0 Å². The first-order chi connectivity index (χ1) is 7.63. The second kappa shape index (κ2) is 5.21. The molecule has 1 aromatic carbocycles. The van der Waals surface area contributed by atoms with E-state index in [0.29, 0.717) is 5.75 Å². The van der Waals surface area contributed by atoms with Gasteiger partial charge in [0.05, 0.1) is 14.2 Å². The van der Waals surface area contributed by atoms with Crippen LogP contribution in [0.2, 0.25) is 0 Å². The maximum absolute atomic E-state index is 11.0. The second-order valence-electron chi connectivity index (χ2n) is 3.11. The van der Waals surface area contributed by atoms with Crippen LogP contribution in [-0.2, 0) is 0 Å². The Morgan fingerprint density at radius 2 is 2.00 bits per heavy atom. The van der Waals surface area contributed by atoms with Crippen LogP contribution in [0.1, 0.15) is 22.8 Å². The van der Waals surface area contributed by atoms with Gasteiger partial charge in [0.25, 0.3) is 0 Å². The molecule has 0 unspecified atom stereocenters. The predicted molar refractivity (Wildman–Crippen MR) is 61.2 cm³/mol. The second-order valence-corrected chi connectivity index (χ2v) is 3.11. The molecule has 0 aliphatic heterocycles. The quantitative estimate of drug-likeness (QED) is 0.850. The fourth-order valence-electron chi connectivity index (χ4n) is 1.43. The molecule has 0 fully saturated rings. The van der Waals surface area contributed by atoms with Gasteiger partial charge in [0, 0.05) is 0 Å². The summed E-state index contributed by atoms with van der Waals surface area (Å²) in [5.74, 6) is -0.389. The zero-order valence-electron chi connectivity index (χ0n) is 9.48. The average Bonchev–Trinajstić information content (AvgIpc) is 2.28. The highest BCUT2D eigenvalue weighted by Crippen LogP contribution is 2.33. The third kappa shape index (κ3) is 2.34. The molecule has 0 aliphatic rings. The number of carboxylic acids is 1. The Labute approximate surface area is 94.1 Å². The summed E-state index contributed by atoms with van der Waals surface area (Å²) in [7, 11) is 2.89. The van der Waals surface area contributed by atoms with Crippen LogP contribution in [-0.4, -0.2) is 25.3 Å². The van der Waals surface area contributed by atoms with Crippen LogP contribution >= 0.6 is 0 Å². The number of ether oxygens (including phenoxy) is 2. The van der Waals surface area contributed by atoms with Crippen molar-refractivity contribution in [2.24, 2.45) is 0 Å². The predicted octanol–water partition coefficient (Wildman–Crippen LogP) is 2.44. The molecule has 0 spiro atoms. The molecule has 86 valence electrons. The van der Waals surface area contributed by atoms with Crippen molar-refractivity contribution in [2.75, 3.05) is 14.2 Å². The van der Waals surface area contributed by atoms with Gasteiger partial charge in [-0.05, 0) is 24.6 Å². The monoisotopic (exact) mass is 222 g/mol. The SMILES string of the molecule is CC=Cc1cc(OC)c(OC)c(C(=O)O)c1. The number of benzene rings is 1. The van der Waals surface area contributed by atoms with E-state index in [9.17, 15) is 4.79 Å². The molecule has 4 heteroatoms. The van der Waals surface area contributed by atoms with Crippen molar-refractivity contribution in [3.63, 3.8) is 0 Å². The average molecular weight is 222 g/mol. The third-order valence-electron chi connectivity index (χ3n) is 2.09. The summed E-state index contributed by atoms with van der Waals surface area (Å²) in [6, 6.07) is 3.27. The highest BCUT2D eigenvalue weighted by Gasteiger charge is 2.16. The van der Waals surface area contributed by atoms with Crippen LogP contribution in [0.25, 0.3) is 6.08 Å². The molecule has 4 nitrogen and oxygen atoms in total. The van der Waals surface area contributed by atoms with Crippen molar-refractivity contribution in [3.05, 3.63) is 29.3 Å². The lowest BCUT2D eigenvalue weighted by atomic mass is 10.1. The Hall–Kier alpha value is -1.97. The van der Waals surface area contributed by atoms with Gasteiger partial charge in [-0.3, -0.25) is 0 Å². The number of allylic oxidation sites excluding steroid dienone is 1. The molecule has 0 amide bonds. The number of carboxylic acid groups (broad SMARTS) is 1. The maximum atomic E-state index is 11.0. The van der Waals surface area contributed by atoms with Crippen molar-refractivity contribution in [3.8, 4) is 11.5 Å². The zero-order valence-corrected chi connectivity index (χ0v) is 9.48. The summed E-state index contributed by atoms with van der Waals surface area (Å²) in [4.78, 5) is 11.0. The topological polar surface area (TPSA) is 55.8 Å². The number of hydrogen-bond donors (Lipinski definition) is 1. The van der Waals surface area contributed by atoms with E-state index in [1.165, 1.54) is 14.2 Å².